The van der Waals surface area contributed by atoms with Gasteiger partial charge in [-0.25, -0.2) is 9.97 Å². The summed E-state index contributed by atoms with van der Waals surface area (Å²) in [5, 5.41) is 3.41. The average Bonchev–Trinajstić information content (AvgIpc) is 2.55. The van der Waals surface area contributed by atoms with Gasteiger partial charge in [-0.05, 0) is 26.3 Å². The van der Waals surface area contributed by atoms with Gasteiger partial charge in [-0.3, -0.25) is 4.90 Å². The van der Waals surface area contributed by atoms with Gasteiger partial charge in [0.15, 0.2) is 0 Å². The van der Waals surface area contributed by atoms with E-state index in [1.165, 1.54) is 5.56 Å². The number of nitrogens with one attached hydrogen (secondary N) is 1. The highest BCUT2D eigenvalue weighted by Crippen LogP contribution is 2.19. The second kappa shape index (κ2) is 7.18. The van der Waals surface area contributed by atoms with Crippen LogP contribution in [0.3, 0.4) is 0 Å². The lowest BCUT2D eigenvalue weighted by atomic mass is 10.1. The Kier molecular flexibility index (Phi) is 5.00. The molecule has 0 radical (unpaired) electrons. The fraction of sp³-hybridized carbons (Fsp3) is 0.474. The maximum absolute atomic E-state index is 4.46. The summed E-state index contributed by atoms with van der Waals surface area (Å²) in [5.41, 5.74) is 1.38. The quantitative estimate of drug-likeness (QED) is 0.936. The van der Waals surface area contributed by atoms with Crippen molar-refractivity contribution in [2.75, 3.05) is 36.4 Å². The van der Waals surface area contributed by atoms with E-state index < -0.39 is 0 Å². The predicted octanol–water partition coefficient (Wildman–Crippen LogP) is 3.01. The van der Waals surface area contributed by atoms with Gasteiger partial charge in [0, 0.05) is 44.3 Å². The van der Waals surface area contributed by atoms with E-state index in [1.807, 2.05) is 0 Å². The highest BCUT2D eigenvalue weighted by Gasteiger charge is 2.19. The Labute approximate surface area is 144 Å². The summed E-state index contributed by atoms with van der Waals surface area (Å²) >= 11 is 0. The summed E-state index contributed by atoms with van der Waals surface area (Å²) in [7, 11) is 0. The maximum Gasteiger partial charge on any atom is 0.134 e. The maximum atomic E-state index is 4.46. The molecule has 3 rings (SSSR count). The van der Waals surface area contributed by atoms with Crippen LogP contribution in [0.1, 0.15) is 26.3 Å². The highest BCUT2D eigenvalue weighted by atomic mass is 15.3. The zero-order valence-corrected chi connectivity index (χ0v) is 14.9. The van der Waals surface area contributed by atoms with Crippen molar-refractivity contribution >= 4 is 11.6 Å². The van der Waals surface area contributed by atoms with Crippen LogP contribution in [-0.2, 0) is 6.54 Å². The number of rotatable bonds is 4. The molecule has 2 heterocycles. The zero-order valence-electron chi connectivity index (χ0n) is 14.9. The molecule has 1 aromatic heterocycles. The molecule has 2 aromatic rings. The Balaban J connectivity index is 1.57. The minimum absolute atomic E-state index is 0.00000429. The van der Waals surface area contributed by atoms with E-state index in [1.54, 1.807) is 6.33 Å². The lowest BCUT2D eigenvalue weighted by Crippen LogP contribution is -2.46. The number of aromatic nitrogens is 2. The van der Waals surface area contributed by atoms with E-state index in [0.717, 1.165) is 44.4 Å². The van der Waals surface area contributed by atoms with Crippen LogP contribution in [0.4, 0.5) is 11.6 Å². The summed E-state index contributed by atoms with van der Waals surface area (Å²) in [4.78, 5) is 13.6. The molecule has 1 aliphatic rings. The molecule has 0 aliphatic carbocycles. The van der Waals surface area contributed by atoms with E-state index >= 15 is 0 Å². The lowest BCUT2D eigenvalue weighted by molar-refractivity contribution is 0.249. The van der Waals surface area contributed by atoms with Gasteiger partial charge < -0.3 is 10.2 Å². The molecule has 0 saturated carbocycles. The molecule has 5 heteroatoms. The first-order valence-corrected chi connectivity index (χ1v) is 8.61. The van der Waals surface area contributed by atoms with Crippen LogP contribution in [0.2, 0.25) is 0 Å². The van der Waals surface area contributed by atoms with Gasteiger partial charge >= 0.3 is 0 Å². The standard InChI is InChI=1S/C19H27N5/c1-19(2,3)22-17-13-18(21-15-20-17)24-11-9-23(10-12-24)14-16-7-5-4-6-8-16/h4-8,13,15H,9-12,14H2,1-3H3,(H,20,21,22). The topological polar surface area (TPSA) is 44.3 Å². The van der Waals surface area contributed by atoms with Crippen LogP contribution in [0.15, 0.2) is 42.7 Å². The molecule has 1 fully saturated rings. The van der Waals surface area contributed by atoms with Gasteiger partial charge in [-0.15, -0.1) is 0 Å². The smallest absolute Gasteiger partial charge is 0.134 e. The molecule has 0 bridgehead atoms. The number of piperazine rings is 1. The summed E-state index contributed by atoms with van der Waals surface area (Å²) in [6.07, 6.45) is 1.65. The predicted molar refractivity (Wildman–Crippen MR) is 99.3 cm³/mol. The third kappa shape index (κ3) is 4.68. The van der Waals surface area contributed by atoms with Crippen molar-refractivity contribution in [2.45, 2.75) is 32.9 Å². The first-order chi connectivity index (χ1) is 11.5. The molecular weight excluding hydrogens is 298 g/mol. The van der Waals surface area contributed by atoms with Crippen molar-refractivity contribution in [1.82, 2.24) is 14.9 Å². The lowest BCUT2D eigenvalue weighted by Gasteiger charge is -2.35. The first kappa shape index (κ1) is 16.7. The molecule has 0 spiro atoms. The van der Waals surface area contributed by atoms with Crippen molar-refractivity contribution in [1.29, 1.82) is 0 Å². The van der Waals surface area contributed by atoms with Crippen LogP contribution in [0.25, 0.3) is 0 Å². The SMILES string of the molecule is CC(C)(C)Nc1cc(N2CCN(Cc3ccccc3)CC2)ncn1. The summed E-state index contributed by atoms with van der Waals surface area (Å²) in [5.74, 6) is 1.90. The number of hydrogen-bond acceptors (Lipinski definition) is 5. The summed E-state index contributed by atoms with van der Waals surface area (Å²) < 4.78 is 0. The highest BCUT2D eigenvalue weighted by molar-refractivity contribution is 5.49. The van der Waals surface area contributed by atoms with Crippen LogP contribution >= 0.6 is 0 Å². The molecule has 0 unspecified atom stereocenters. The monoisotopic (exact) mass is 325 g/mol. The summed E-state index contributed by atoms with van der Waals surface area (Å²) in [6, 6.07) is 12.7. The Morgan fingerprint density at radius 3 is 2.38 bits per heavy atom. The Morgan fingerprint density at radius 1 is 1.00 bits per heavy atom. The fourth-order valence-corrected chi connectivity index (χ4v) is 2.95. The van der Waals surface area contributed by atoms with Crippen molar-refractivity contribution in [2.24, 2.45) is 0 Å². The molecule has 1 saturated heterocycles. The van der Waals surface area contributed by atoms with E-state index in [-0.39, 0.29) is 5.54 Å². The third-order valence-electron chi connectivity index (χ3n) is 4.10. The minimum Gasteiger partial charge on any atom is -0.365 e. The molecule has 5 nitrogen and oxygen atoms in total. The molecular formula is C19H27N5. The molecule has 1 aliphatic heterocycles. The van der Waals surface area contributed by atoms with Crippen molar-refractivity contribution in [3.05, 3.63) is 48.3 Å². The number of nitrogens with zero attached hydrogens (tertiary/aromatic N) is 4. The van der Waals surface area contributed by atoms with Gasteiger partial charge in [0.05, 0.1) is 0 Å². The molecule has 0 amide bonds. The van der Waals surface area contributed by atoms with Gasteiger partial charge in [0.25, 0.3) is 0 Å². The van der Waals surface area contributed by atoms with Crippen LogP contribution in [-0.4, -0.2) is 46.6 Å². The molecule has 1 N–H and O–H groups in total. The van der Waals surface area contributed by atoms with Crippen molar-refractivity contribution in [3.63, 3.8) is 0 Å². The number of anilines is 2. The van der Waals surface area contributed by atoms with Gasteiger partial charge in [0.2, 0.25) is 0 Å². The van der Waals surface area contributed by atoms with E-state index in [0.29, 0.717) is 0 Å². The van der Waals surface area contributed by atoms with E-state index in [4.69, 9.17) is 0 Å². The second-order valence-electron chi connectivity index (χ2n) is 7.39. The van der Waals surface area contributed by atoms with Crippen LogP contribution in [0.5, 0.6) is 0 Å². The first-order valence-electron chi connectivity index (χ1n) is 8.61. The molecule has 1 aromatic carbocycles. The van der Waals surface area contributed by atoms with Crippen molar-refractivity contribution < 1.29 is 0 Å². The van der Waals surface area contributed by atoms with Crippen LogP contribution < -0.4 is 10.2 Å². The number of hydrogen-bond donors (Lipinski definition) is 1. The van der Waals surface area contributed by atoms with Crippen molar-refractivity contribution in [3.8, 4) is 0 Å². The third-order valence-corrected chi connectivity index (χ3v) is 4.10. The average molecular weight is 325 g/mol. The molecule has 128 valence electrons. The van der Waals surface area contributed by atoms with Gasteiger partial charge in [-0.2, -0.15) is 0 Å². The van der Waals surface area contributed by atoms with Gasteiger partial charge in [0.1, 0.15) is 18.0 Å². The fourth-order valence-electron chi connectivity index (χ4n) is 2.95. The van der Waals surface area contributed by atoms with Crippen LogP contribution in [0, 0.1) is 0 Å². The zero-order chi connectivity index (χ0) is 17.0. The Morgan fingerprint density at radius 2 is 1.71 bits per heavy atom. The van der Waals surface area contributed by atoms with E-state index in [2.05, 4.69) is 82.3 Å². The largest absolute Gasteiger partial charge is 0.365 e. The van der Waals surface area contributed by atoms with E-state index in [9.17, 15) is 0 Å². The Bertz CT molecular complexity index is 642. The molecule has 0 atom stereocenters. The summed E-state index contributed by atoms with van der Waals surface area (Å²) in [6.45, 7) is 11.5. The van der Waals surface area contributed by atoms with Gasteiger partial charge in [-0.1, -0.05) is 30.3 Å². The molecule has 24 heavy (non-hydrogen) atoms. The number of benzene rings is 1. The minimum atomic E-state index is 0.00000429. The second-order valence-corrected chi connectivity index (χ2v) is 7.39. The normalized spacial score (nSPS) is 16.2. The Hall–Kier alpha value is -2.14.